The van der Waals surface area contributed by atoms with Crippen LogP contribution in [0.15, 0.2) is 0 Å². The van der Waals surface area contributed by atoms with Crippen molar-refractivity contribution in [3.8, 4) is 0 Å². The molecule has 1 fully saturated rings. The van der Waals surface area contributed by atoms with Gasteiger partial charge in [0, 0.05) is 12.8 Å². The Balaban J connectivity index is 2.70. The zero-order valence-electron chi connectivity index (χ0n) is 26.8. The smallest absolute Gasteiger partial charge is 0.326 e. The zero-order valence-corrected chi connectivity index (χ0v) is 26.8. The van der Waals surface area contributed by atoms with E-state index in [4.69, 9.17) is 11.5 Å². The molecule has 47 heavy (non-hydrogen) atoms. The number of amides is 8. The molecule has 1 aliphatic heterocycles. The number of nitrogens with two attached hydrogens (primary N) is 2. The molecule has 0 aromatic heterocycles. The summed E-state index contributed by atoms with van der Waals surface area (Å²) in [6, 6.07) is -5.30. The van der Waals surface area contributed by atoms with Gasteiger partial charge in [-0.25, -0.2) is 4.79 Å². The first-order chi connectivity index (χ1) is 22.0. The summed E-state index contributed by atoms with van der Waals surface area (Å²) < 4.78 is 0. The maximum Gasteiger partial charge on any atom is 0.326 e. The Morgan fingerprint density at radius 1 is 0.723 bits per heavy atom. The van der Waals surface area contributed by atoms with Crippen LogP contribution in [0.5, 0.6) is 0 Å². The molecule has 0 aromatic carbocycles. The number of rotatable bonds is 21. The number of aliphatic carboxylic acids is 1. The molecule has 1 heterocycles. The Hall–Kier alpha value is -4.81. The van der Waals surface area contributed by atoms with Gasteiger partial charge < -0.3 is 53.8 Å². The average Bonchev–Trinajstić information content (AvgIpc) is 3.53. The molecule has 1 aliphatic rings. The lowest BCUT2D eigenvalue weighted by molar-refractivity contribution is -0.142. The van der Waals surface area contributed by atoms with Gasteiger partial charge in [-0.1, -0.05) is 13.8 Å². The summed E-state index contributed by atoms with van der Waals surface area (Å²) in [5.41, 5.74) is 10.2. The molecular weight excluding hydrogens is 622 g/mol. The van der Waals surface area contributed by atoms with Gasteiger partial charge in [0.05, 0.1) is 19.1 Å². The van der Waals surface area contributed by atoms with Gasteiger partial charge in [0.15, 0.2) is 0 Å². The Labute approximate surface area is 271 Å². The molecule has 5 atom stereocenters. The number of hydrogen-bond donors (Lipinski definition) is 10. The largest absolute Gasteiger partial charge is 0.480 e. The van der Waals surface area contributed by atoms with Crippen molar-refractivity contribution in [2.45, 2.75) is 95.9 Å². The minimum Gasteiger partial charge on any atom is -0.480 e. The minimum atomic E-state index is -1.40. The summed E-state index contributed by atoms with van der Waals surface area (Å²) in [6.07, 6.45) is 0.745. The maximum absolute atomic E-state index is 13.0. The Morgan fingerprint density at radius 2 is 1.26 bits per heavy atom. The van der Waals surface area contributed by atoms with Gasteiger partial charge in [-0.15, -0.1) is 0 Å². The van der Waals surface area contributed by atoms with E-state index in [1.54, 1.807) is 13.8 Å². The fourth-order valence-electron chi connectivity index (χ4n) is 4.46. The average molecular weight is 670 g/mol. The molecule has 12 N–H and O–H groups in total. The fraction of sp³-hybridized carbons (Fsp3) is 0.679. The number of carbonyl (C=O) groups excluding carboxylic acids is 8. The molecule has 5 unspecified atom stereocenters. The summed E-state index contributed by atoms with van der Waals surface area (Å²) in [5.74, 6) is -7.14. The van der Waals surface area contributed by atoms with Crippen molar-refractivity contribution in [2.75, 3.05) is 19.6 Å². The molecule has 1 rings (SSSR count). The summed E-state index contributed by atoms with van der Waals surface area (Å²) in [5, 5.41) is 26.5. The van der Waals surface area contributed by atoms with Crippen LogP contribution >= 0.6 is 0 Å². The van der Waals surface area contributed by atoms with E-state index in [-0.39, 0.29) is 38.0 Å². The minimum absolute atomic E-state index is 0.0807. The topological polar surface area (TPSA) is 310 Å². The molecule has 0 aliphatic carbocycles. The number of primary amides is 2. The van der Waals surface area contributed by atoms with E-state index in [2.05, 4.69) is 37.2 Å². The standard InChI is InChI=1S/C28H47N9O10/c1-14(2)11-19(27(45)34-15(3)24(42)32-12-22(40)35-18(28(46)47)7-9-21(30)39)36-23(41)13-33-25(43)17(6-8-20(29)38)37-26(44)16-5-4-10-31-16/h14-19,31H,4-13H2,1-3H3,(H2,29,38)(H2,30,39)(H,32,42)(H,33,43)(H,34,45)(H,35,40)(H,36,41)(H,37,44)(H,46,47). The van der Waals surface area contributed by atoms with Crippen molar-refractivity contribution in [3.63, 3.8) is 0 Å². The zero-order chi connectivity index (χ0) is 35.7. The summed E-state index contributed by atoms with van der Waals surface area (Å²) in [6.45, 7) is 4.38. The fourth-order valence-corrected chi connectivity index (χ4v) is 4.46. The van der Waals surface area contributed by atoms with Gasteiger partial charge in [0.2, 0.25) is 47.3 Å². The van der Waals surface area contributed by atoms with Crippen molar-refractivity contribution in [1.82, 2.24) is 37.2 Å². The third-order valence-electron chi connectivity index (χ3n) is 6.96. The van der Waals surface area contributed by atoms with Gasteiger partial charge in [0.1, 0.15) is 24.2 Å². The van der Waals surface area contributed by atoms with Crippen LogP contribution in [0.3, 0.4) is 0 Å². The second kappa shape index (κ2) is 20.3. The third-order valence-corrected chi connectivity index (χ3v) is 6.96. The van der Waals surface area contributed by atoms with Crippen molar-refractivity contribution in [3.05, 3.63) is 0 Å². The van der Waals surface area contributed by atoms with Crippen molar-refractivity contribution in [2.24, 2.45) is 17.4 Å². The van der Waals surface area contributed by atoms with Crippen LogP contribution in [0, 0.1) is 5.92 Å². The maximum atomic E-state index is 13.0. The lowest BCUT2D eigenvalue weighted by atomic mass is 10.0. The molecule has 0 bridgehead atoms. The highest BCUT2D eigenvalue weighted by atomic mass is 16.4. The molecule has 0 aromatic rings. The normalized spacial score (nSPS) is 16.5. The molecule has 264 valence electrons. The molecule has 1 saturated heterocycles. The lowest BCUT2D eigenvalue weighted by Gasteiger charge is -2.23. The molecular formula is C28H47N9O10. The number of carboxylic acids is 1. The van der Waals surface area contributed by atoms with Gasteiger partial charge in [-0.2, -0.15) is 0 Å². The van der Waals surface area contributed by atoms with Crippen LogP contribution in [0.4, 0.5) is 0 Å². The van der Waals surface area contributed by atoms with E-state index < -0.39 is 96.5 Å². The number of carbonyl (C=O) groups is 9. The highest BCUT2D eigenvalue weighted by Crippen LogP contribution is 2.08. The van der Waals surface area contributed by atoms with Crippen molar-refractivity contribution < 1.29 is 48.3 Å². The number of hydrogen-bond acceptors (Lipinski definition) is 10. The lowest BCUT2D eigenvalue weighted by Crippen LogP contribution is -2.56. The second-order valence-corrected chi connectivity index (χ2v) is 11.6. The van der Waals surface area contributed by atoms with Crippen LogP contribution in [0.25, 0.3) is 0 Å². The first-order valence-electron chi connectivity index (χ1n) is 15.3. The highest BCUT2D eigenvalue weighted by molar-refractivity contribution is 5.95. The number of nitrogens with one attached hydrogen (secondary N) is 7. The predicted molar refractivity (Wildman–Crippen MR) is 164 cm³/mol. The van der Waals surface area contributed by atoms with E-state index in [0.717, 1.165) is 6.42 Å². The van der Waals surface area contributed by atoms with E-state index in [9.17, 15) is 48.3 Å². The molecule has 8 amide bonds. The monoisotopic (exact) mass is 669 g/mol. The predicted octanol–water partition coefficient (Wildman–Crippen LogP) is -4.41. The summed E-state index contributed by atoms with van der Waals surface area (Å²) >= 11 is 0. The Bertz CT molecular complexity index is 1170. The molecule has 0 spiro atoms. The summed E-state index contributed by atoms with van der Waals surface area (Å²) in [4.78, 5) is 109. The van der Waals surface area contributed by atoms with Gasteiger partial charge >= 0.3 is 5.97 Å². The van der Waals surface area contributed by atoms with Crippen molar-refractivity contribution >= 4 is 53.2 Å². The van der Waals surface area contributed by atoms with E-state index in [1.807, 2.05) is 0 Å². The van der Waals surface area contributed by atoms with E-state index in [1.165, 1.54) is 6.92 Å². The summed E-state index contributed by atoms with van der Waals surface area (Å²) in [7, 11) is 0. The van der Waals surface area contributed by atoms with E-state index in [0.29, 0.717) is 13.0 Å². The molecule has 19 heteroatoms. The molecule has 0 saturated carbocycles. The van der Waals surface area contributed by atoms with Crippen LogP contribution in [-0.2, 0) is 43.2 Å². The molecule has 19 nitrogen and oxygen atoms in total. The third kappa shape index (κ3) is 16.4. The van der Waals surface area contributed by atoms with Gasteiger partial charge in [0.25, 0.3) is 0 Å². The first-order valence-corrected chi connectivity index (χ1v) is 15.3. The van der Waals surface area contributed by atoms with Crippen LogP contribution in [-0.4, -0.2) is 108 Å². The van der Waals surface area contributed by atoms with Crippen LogP contribution < -0.4 is 48.7 Å². The Morgan fingerprint density at radius 3 is 1.74 bits per heavy atom. The van der Waals surface area contributed by atoms with Crippen LogP contribution in [0.1, 0.15) is 65.7 Å². The first kappa shape index (κ1) is 40.2. The quantitative estimate of drug-likeness (QED) is 0.0556. The Kier molecular flexibility index (Phi) is 17.4. The highest BCUT2D eigenvalue weighted by Gasteiger charge is 2.29. The van der Waals surface area contributed by atoms with Crippen LogP contribution in [0.2, 0.25) is 0 Å². The SMILES string of the molecule is CC(C)CC(NC(=O)CNC(=O)C(CCC(N)=O)NC(=O)C1CCCN1)C(=O)NC(C)C(=O)NCC(=O)NC(CCC(N)=O)C(=O)O. The van der Waals surface area contributed by atoms with Crippen molar-refractivity contribution in [1.29, 1.82) is 0 Å². The van der Waals surface area contributed by atoms with E-state index >= 15 is 0 Å². The number of carboxylic acid groups (broad SMARTS) is 1. The van der Waals surface area contributed by atoms with Gasteiger partial charge in [-0.05, 0) is 51.5 Å². The molecule has 0 radical (unpaired) electrons. The van der Waals surface area contributed by atoms with Gasteiger partial charge in [-0.3, -0.25) is 38.4 Å². The second-order valence-electron chi connectivity index (χ2n) is 11.6.